The molecule has 0 aromatic carbocycles. The first-order chi connectivity index (χ1) is 7.65. The number of hydrogen-bond donors (Lipinski definition) is 0. The highest BCUT2D eigenvalue weighted by molar-refractivity contribution is 5.83. The molecule has 0 aromatic rings. The van der Waals surface area contributed by atoms with Gasteiger partial charge in [0, 0.05) is 33.7 Å². The lowest BCUT2D eigenvalue weighted by Gasteiger charge is -2.20. The maximum atomic E-state index is 10.9. The average molecular weight is 230 g/mol. The number of ether oxygens (including phenoxy) is 2. The summed E-state index contributed by atoms with van der Waals surface area (Å²) in [7, 11) is 5.09. The van der Waals surface area contributed by atoms with Gasteiger partial charge in [0.15, 0.2) is 0 Å². The molecule has 0 amide bonds. The maximum Gasteiger partial charge on any atom is 0.305 e. The third-order valence-corrected chi connectivity index (χ3v) is 2.24. The molecule has 0 fully saturated rings. The molecule has 16 heavy (non-hydrogen) atoms. The van der Waals surface area contributed by atoms with Gasteiger partial charge in [0.25, 0.3) is 0 Å². The summed E-state index contributed by atoms with van der Waals surface area (Å²) in [6, 6.07) is 0. The van der Waals surface area contributed by atoms with Gasteiger partial charge in [0.2, 0.25) is 0 Å². The molecule has 0 heterocycles. The molecule has 0 aliphatic rings. The van der Waals surface area contributed by atoms with Crippen LogP contribution in [0.15, 0.2) is 4.99 Å². The third kappa shape index (κ3) is 6.40. The Labute approximate surface area is 97.4 Å². The molecule has 0 aliphatic carbocycles. The number of likely N-dealkylation sites (N-methyl/N-ethyl adjacent to an activating group) is 1. The molecular weight excluding hydrogens is 208 g/mol. The number of amidine groups is 1. The van der Waals surface area contributed by atoms with Crippen molar-refractivity contribution in [3.05, 3.63) is 0 Å². The minimum absolute atomic E-state index is 0.173. The minimum atomic E-state index is -0.173. The van der Waals surface area contributed by atoms with Crippen molar-refractivity contribution >= 4 is 11.8 Å². The number of methoxy groups -OCH3 is 1. The van der Waals surface area contributed by atoms with E-state index in [1.807, 2.05) is 18.9 Å². The Morgan fingerprint density at radius 2 is 2.12 bits per heavy atom. The molecule has 5 heteroatoms. The largest absolute Gasteiger partial charge is 0.469 e. The van der Waals surface area contributed by atoms with Crippen molar-refractivity contribution in [2.75, 3.05) is 41.0 Å². The zero-order valence-corrected chi connectivity index (χ0v) is 10.7. The van der Waals surface area contributed by atoms with Crippen LogP contribution in [0.2, 0.25) is 0 Å². The Hall–Kier alpha value is -1.10. The van der Waals surface area contributed by atoms with Crippen LogP contribution in [0.1, 0.15) is 19.8 Å². The molecule has 0 rings (SSSR count). The molecular formula is C11H22N2O3. The Balaban J connectivity index is 3.84. The van der Waals surface area contributed by atoms with E-state index in [0.717, 1.165) is 18.8 Å². The second-order valence-corrected chi connectivity index (χ2v) is 3.38. The number of rotatable bonds is 7. The van der Waals surface area contributed by atoms with Gasteiger partial charge in [0.05, 0.1) is 7.11 Å². The van der Waals surface area contributed by atoms with Crippen LogP contribution in [0.25, 0.3) is 0 Å². The summed E-state index contributed by atoms with van der Waals surface area (Å²) in [6.07, 6.45) is 1.20. The lowest BCUT2D eigenvalue weighted by molar-refractivity contribution is -0.140. The summed E-state index contributed by atoms with van der Waals surface area (Å²) in [4.78, 5) is 17.1. The van der Waals surface area contributed by atoms with Gasteiger partial charge in [-0.3, -0.25) is 9.79 Å². The van der Waals surface area contributed by atoms with Crippen molar-refractivity contribution in [3.8, 4) is 0 Å². The van der Waals surface area contributed by atoms with E-state index in [9.17, 15) is 4.79 Å². The van der Waals surface area contributed by atoms with Gasteiger partial charge in [-0.15, -0.1) is 0 Å². The van der Waals surface area contributed by atoms with E-state index in [2.05, 4.69) is 9.73 Å². The van der Waals surface area contributed by atoms with Gasteiger partial charge < -0.3 is 14.4 Å². The van der Waals surface area contributed by atoms with Crippen LogP contribution in [-0.2, 0) is 14.3 Å². The molecule has 0 saturated heterocycles. The fourth-order valence-corrected chi connectivity index (χ4v) is 1.23. The summed E-state index contributed by atoms with van der Waals surface area (Å²) in [5.74, 6) is 0.722. The number of esters is 1. The Morgan fingerprint density at radius 3 is 2.62 bits per heavy atom. The summed E-state index contributed by atoms with van der Waals surface area (Å²) < 4.78 is 9.86. The van der Waals surface area contributed by atoms with Crippen LogP contribution in [0.4, 0.5) is 0 Å². The van der Waals surface area contributed by atoms with Gasteiger partial charge in [0.1, 0.15) is 12.4 Å². The maximum absolute atomic E-state index is 10.9. The molecule has 0 bridgehead atoms. The molecule has 94 valence electrons. The van der Waals surface area contributed by atoms with Gasteiger partial charge in [-0.05, 0) is 13.3 Å². The summed E-state index contributed by atoms with van der Waals surface area (Å²) in [5, 5.41) is 0. The van der Waals surface area contributed by atoms with Gasteiger partial charge in [-0.25, -0.2) is 0 Å². The number of hydrogen-bond acceptors (Lipinski definition) is 4. The lowest BCUT2D eigenvalue weighted by Crippen LogP contribution is -2.31. The second-order valence-electron chi connectivity index (χ2n) is 3.38. The van der Waals surface area contributed by atoms with Crippen LogP contribution in [0.5, 0.6) is 0 Å². The summed E-state index contributed by atoms with van der Waals surface area (Å²) >= 11 is 0. The molecule has 5 nitrogen and oxygen atoms in total. The van der Waals surface area contributed by atoms with E-state index in [0.29, 0.717) is 19.6 Å². The third-order valence-electron chi connectivity index (χ3n) is 2.24. The van der Waals surface area contributed by atoms with E-state index in [4.69, 9.17) is 4.74 Å². The normalized spacial score (nSPS) is 11.4. The quantitative estimate of drug-likeness (QED) is 0.371. The zero-order valence-electron chi connectivity index (χ0n) is 10.7. The number of aliphatic imine (C=N–C) groups is 1. The number of carbonyl (C=O) groups excluding carboxylic acids is 1. The monoisotopic (exact) mass is 230 g/mol. The van der Waals surface area contributed by atoms with Crippen LogP contribution in [0, 0.1) is 0 Å². The molecule has 0 aromatic heterocycles. The first-order valence-electron chi connectivity index (χ1n) is 5.47. The average Bonchev–Trinajstić information content (AvgIpc) is 2.29. The fraction of sp³-hybridized carbons (Fsp3) is 0.818. The SMILES string of the molecule is CCOC/C(=N/C)N(C)CCCC(=O)OC. The van der Waals surface area contributed by atoms with Gasteiger partial charge in [-0.2, -0.15) is 0 Å². The molecule has 0 unspecified atom stereocenters. The highest BCUT2D eigenvalue weighted by Crippen LogP contribution is 1.97. The van der Waals surface area contributed by atoms with Crippen molar-refractivity contribution in [1.82, 2.24) is 4.90 Å². The predicted octanol–water partition coefficient (Wildman–Crippen LogP) is 0.936. The van der Waals surface area contributed by atoms with Crippen molar-refractivity contribution in [1.29, 1.82) is 0 Å². The smallest absolute Gasteiger partial charge is 0.305 e. The molecule has 0 radical (unpaired) electrons. The predicted molar refractivity (Wildman–Crippen MR) is 63.7 cm³/mol. The van der Waals surface area contributed by atoms with Crippen LogP contribution >= 0.6 is 0 Å². The first kappa shape index (κ1) is 14.9. The van der Waals surface area contributed by atoms with E-state index < -0.39 is 0 Å². The fourth-order valence-electron chi connectivity index (χ4n) is 1.23. The molecule has 0 atom stereocenters. The lowest BCUT2D eigenvalue weighted by atomic mass is 10.3. The van der Waals surface area contributed by atoms with Crippen molar-refractivity contribution in [2.24, 2.45) is 4.99 Å². The first-order valence-corrected chi connectivity index (χ1v) is 5.47. The summed E-state index contributed by atoms with van der Waals surface area (Å²) in [6.45, 7) is 3.91. The number of carbonyl (C=O) groups is 1. The van der Waals surface area contributed by atoms with Crippen molar-refractivity contribution in [3.63, 3.8) is 0 Å². The van der Waals surface area contributed by atoms with Crippen LogP contribution < -0.4 is 0 Å². The van der Waals surface area contributed by atoms with Crippen LogP contribution in [-0.4, -0.2) is 57.7 Å². The van der Waals surface area contributed by atoms with Crippen molar-refractivity contribution < 1.29 is 14.3 Å². The van der Waals surface area contributed by atoms with E-state index in [1.54, 1.807) is 7.05 Å². The standard InChI is InChI=1S/C11H22N2O3/c1-5-16-9-10(12-2)13(3)8-6-7-11(14)15-4/h5-9H2,1-4H3/b12-10-. The molecule has 0 aliphatic heterocycles. The Bertz CT molecular complexity index is 229. The van der Waals surface area contributed by atoms with E-state index >= 15 is 0 Å². The van der Waals surface area contributed by atoms with Crippen LogP contribution in [0.3, 0.4) is 0 Å². The van der Waals surface area contributed by atoms with E-state index in [1.165, 1.54) is 7.11 Å². The second kappa shape index (κ2) is 9.15. The summed E-state index contributed by atoms with van der Waals surface area (Å²) in [5.41, 5.74) is 0. The highest BCUT2D eigenvalue weighted by atomic mass is 16.5. The molecule has 0 spiro atoms. The molecule has 0 saturated carbocycles. The Kier molecular flexibility index (Phi) is 8.52. The Morgan fingerprint density at radius 1 is 1.44 bits per heavy atom. The van der Waals surface area contributed by atoms with Gasteiger partial charge in [-0.1, -0.05) is 0 Å². The highest BCUT2D eigenvalue weighted by Gasteiger charge is 2.07. The number of nitrogens with zero attached hydrogens (tertiary/aromatic N) is 2. The van der Waals surface area contributed by atoms with E-state index in [-0.39, 0.29) is 5.97 Å². The zero-order chi connectivity index (χ0) is 12.4. The minimum Gasteiger partial charge on any atom is -0.469 e. The van der Waals surface area contributed by atoms with Crippen molar-refractivity contribution in [2.45, 2.75) is 19.8 Å². The van der Waals surface area contributed by atoms with Gasteiger partial charge >= 0.3 is 5.97 Å². The topological polar surface area (TPSA) is 51.1 Å². The molecule has 0 N–H and O–H groups in total.